The van der Waals surface area contributed by atoms with Gasteiger partial charge < -0.3 is 4.74 Å². The highest BCUT2D eigenvalue weighted by atomic mass is 19.1. The van der Waals surface area contributed by atoms with Crippen molar-refractivity contribution >= 4 is 17.5 Å². The standard InChI is InChI=1S/C19H17FO4/c1-13-7-8-15(11-16(13)20)17(21)9-10-18(22)19(23)24-12-14-5-3-2-4-6-14/h2-8,11H,9-10,12H2,1H3. The Morgan fingerprint density at radius 2 is 1.71 bits per heavy atom. The minimum atomic E-state index is -0.971. The number of ether oxygens (including phenoxy) is 1. The molecule has 0 fully saturated rings. The molecule has 0 unspecified atom stereocenters. The molecule has 0 aliphatic heterocycles. The lowest BCUT2D eigenvalue weighted by Gasteiger charge is -2.05. The molecule has 124 valence electrons. The fourth-order valence-corrected chi connectivity index (χ4v) is 2.04. The van der Waals surface area contributed by atoms with Crippen molar-refractivity contribution in [2.24, 2.45) is 0 Å². The van der Waals surface area contributed by atoms with Crippen LogP contribution in [0.2, 0.25) is 0 Å². The van der Waals surface area contributed by atoms with Gasteiger partial charge in [0.15, 0.2) is 5.78 Å². The molecule has 0 atom stereocenters. The van der Waals surface area contributed by atoms with Gasteiger partial charge in [-0.25, -0.2) is 9.18 Å². The molecule has 0 spiro atoms. The normalized spacial score (nSPS) is 10.2. The van der Waals surface area contributed by atoms with Gasteiger partial charge in [-0.15, -0.1) is 0 Å². The minimum Gasteiger partial charge on any atom is -0.455 e. The van der Waals surface area contributed by atoms with Crippen molar-refractivity contribution in [2.45, 2.75) is 26.4 Å². The highest BCUT2D eigenvalue weighted by molar-refractivity contribution is 6.34. The number of Topliss-reactive ketones (excluding diaryl/α,β-unsaturated/α-hetero) is 2. The van der Waals surface area contributed by atoms with Gasteiger partial charge in [0.25, 0.3) is 0 Å². The number of benzene rings is 2. The second kappa shape index (κ2) is 8.15. The summed E-state index contributed by atoms with van der Waals surface area (Å²) in [5.41, 5.74) is 1.39. The van der Waals surface area contributed by atoms with Crippen LogP contribution in [-0.2, 0) is 20.9 Å². The summed E-state index contributed by atoms with van der Waals surface area (Å²) in [7, 11) is 0. The van der Waals surface area contributed by atoms with Gasteiger partial charge >= 0.3 is 5.97 Å². The predicted molar refractivity (Wildman–Crippen MR) is 85.9 cm³/mol. The third-order valence-electron chi connectivity index (χ3n) is 3.51. The van der Waals surface area contributed by atoms with Crippen molar-refractivity contribution in [3.63, 3.8) is 0 Å². The SMILES string of the molecule is Cc1ccc(C(=O)CCC(=O)C(=O)OCc2ccccc2)cc1F. The van der Waals surface area contributed by atoms with Crippen LogP contribution in [0.1, 0.15) is 34.3 Å². The molecule has 0 aliphatic rings. The number of carbonyl (C=O) groups is 3. The van der Waals surface area contributed by atoms with Gasteiger partial charge in [-0.3, -0.25) is 9.59 Å². The van der Waals surface area contributed by atoms with Gasteiger partial charge in [0.1, 0.15) is 12.4 Å². The largest absolute Gasteiger partial charge is 0.455 e. The minimum absolute atomic E-state index is 0.00251. The fraction of sp³-hybridized carbons (Fsp3) is 0.211. The van der Waals surface area contributed by atoms with E-state index in [4.69, 9.17) is 4.74 Å². The topological polar surface area (TPSA) is 60.4 Å². The summed E-state index contributed by atoms with van der Waals surface area (Å²) in [6.07, 6.45) is -0.427. The number of hydrogen-bond donors (Lipinski definition) is 0. The van der Waals surface area contributed by atoms with E-state index in [1.54, 1.807) is 31.2 Å². The zero-order valence-corrected chi connectivity index (χ0v) is 13.3. The lowest BCUT2D eigenvalue weighted by atomic mass is 10.0. The monoisotopic (exact) mass is 328 g/mol. The lowest BCUT2D eigenvalue weighted by molar-refractivity contribution is -0.154. The molecule has 0 saturated heterocycles. The molecule has 2 rings (SSSR count). The number of esters is 1. The number of aryl methyl sites for hydroxylation is 1. The van der Waals surface area contributed by atoms with Gasteiger partial charge in [0.2, 0.25) is 5.78 Å². The van der Waals surface area contributed by atoms with E-state index >= 15 is 0 Å². The third kappa shape index (κ3) is 4.84. The molecule has 0 saturated carbocycles. The first-order valence-corrected chi connectivity index (χ1v) is 7.50. The highest BCUT2D eigenvalue weighted by Crippen LogP contribution is 2.12. The first-order valence-electron chi connectivity index (χ1n) is 7.50. The van der Waals surface area contributed by atoms with E-state index in [1.165, 1.54) is 12.1 Å². The Morgan fingerprint density at radius 1 is 1.00 bits per heavy atom. The van der Waals surface area contributed by atoms with Gasteiger partial charge in [-0.05, 0) is 24.1 Å². The first kappa shape index (κ1) is 17.5. The Bertz CT molecular complexity index is 753. The molecule has 0 N–H and O–H groups in total. The Balaban J connectivity index is 1.82. The van der Waals surface area contributed by atoms with Gasteiger partial charge in [0, 0.05) is 18.4 Å². The maximum atomic E-state index is 13.4. The van der Waals surface area contributed by atoms with Crippen LogP contribution >= 0.6 is 0 Å². The third-order valence-corrected chi connectivity index (χ3v) is 3.51. The molecule has 4 nitrogen and oxygen atoms in total. The lowest BCUT2D eigenvalue weighted by Crippen LogP contribution is -2.18. The molecule has 0 bridgehead atoms. The average molecular weight is 328 g/mol. The second-order valence-electron chi connectivity index (χ2n) is 5.37. The number of rotatable bonds is 7. The molecular formula is C19H17FO4. The summed E-state index contributed by atoms with van der Waals surface area (Å²) in [6, 6.07) is 13.1. The summed E-state index contributed by atoms with van der Waals surface area (Å²) in [5, 5.41) is 0. The number of halogens is 1. The van der Waals surface area contributed by atoms with Crippen molar-refractivity contribution < 1.29 is 23.5 Å². The van der Waals surface area contributed by atoms with Crippen LogP contribution in [-0.4, -0.2) is 17.5 Å². The Morgan fingerprint density at radius 3 is 2.38 bits per heavy atom. The molecule has 2 aromatic rings. The quantitative estimate of drug-likeness (QED) is 0.444. The van der Waals surface area contributed by atoms with Crippen molar-refractivity contribution in [1.29, 1.82) is 0 Å². The van der Waals surface area contributed by atoms with Gasteiger partial charge in [-0.2, -0.15) is 0 Å². The van der Waals surface area contributed by atoms with Crippen LogP contribution in [0.5, 0.6) is 0 Å². The van der Waals surface area contributed by atoms with Crippen molar-refractivity contribution in [3.8, 4) is 0 Å². The maximum Gasteiger partial charge on any atom is 0.374 e. The molecule has 0 radical (unpaired) electrons. The molecule has 0 aromatic heterocycles. The summed E-state index contributed by atoms with van der Waals surface area (Å²) in [5.74, 6) is -2.61. The molecule has 0 amide bonds. The Labute approximate surface area is 139 Å². The number of carbonyl (C=O) groups excluding carboxylic acids is 3. The van der Waals surface area contributed by atoms with Gasteiger partial charge in [-0.1, -0.05) is 42.5 Å². The summed E-state index contributed by atoms with van der Waals surface area (Å²) < 4.78 is 18.3. The number of hydrogen-bond acceptors (Lipinski definition) is 4. The van der Waals surface area contributed by atoms with Crippen molar-refractivity contribution in [1.82, 2.24) is 0 Å². The number of ketones is 2. The summed E-state index contributed by atoms with van der Waals surface area (Å²) >= 11 is 0. The predicted octanol–water partition coefficient (Wildman–Crippen LogP) is 3.41. The molecule has 5 heteroatoms. The van der Waals surface area contributed by atoms with E-state index in [0.717, 1.165) is 11.6 Å². The fourth-order valence-electron chi connectivity index (χ4n) is 2.04. The Kier molecular flexibility index (Phi) is 5.95. The highest BCUT2D eigenvalue weighted by Gasteiger charge is 2.18. The van der Waals surface area contributed by atoms with E-state index < -0.39 is 23.4 Å². The van der Waals surface area contributed by atoms with Crippen LogP contribution in [0.25, 0.3) is 0 Å². The van der Waals surface area contributed by atoms with Crippen LogP contribution in [0, 0.1) is 12.7 Å². The van der Waals surface area contributed by atoms with Crippen LogP contribution in [0.4, 0.5) is 4.39 Å². The van der Waals surface area contributed by atoms with Crippen LogP contribution in [0.15, 0.2) is 48.5 Å². The van der Waals surface area contributed by atoms with Crippen LogP contribution in [0.3, 0.4) is 0 Å². The van der Waals surface area contributed by atoms with Crippen LogP contribution < -0.4 is 0 Å². The molecular weight excluding hydrogens is 311 g/mol. The van der Waals surface area contributed by atoms with Crippen molar-refractivity contribution in [2.75, 3.05) is 0 Å². The smallest absolute Gasteiger partial charge is 0.374 e. The van der Waals surface area contributed by atoms with Crippen molar-refractivity contribution in [3.05, 3.63) is 71.0 Å². The van der Waals surface area contributed by atoms with E-state index in [1.807, 2.05) is 6.07 Å². The zero-order chi connectivity index (χ0) is 17.5. The molecule has 24 heavy (non-hydrogen) atoms. The molecule has 0 aliphatic carbocycles. The summed E-state index contributed by atoms with van der Waals surface area (Å²) in [4.78, 5) is 35.3. The maximum absolute atomic E-state index is 13.4. The van der Waals surface area contributed by atoms with E-state index in [-0.39, 0.29) is 25.0 Å². The first-order chi connectivity index (χ1) is 11.5. The zero-order valence-electron chi connectivity index (χ0n) is 13.3. The average Bonchev–Trinajstić information content (AvgIpc) is 2.60. The molecule has 2 aromatic carbocycles. The van der Waals surface area contributed by atoms with E-state index in [0.29, 0.717) is 5.56 Å². The summed E-state index contributed by atoms with van der Waals surface area (Å²) in [6.45, 7) is 1.60. The van der Waals surface area contributed by atoms with E-state index in [9.17, 15) is 18.8 Å². The molecule has 0 heterocycles. The second-order valence-corrected chi connectivity index (χ2v) is 5.37. The van der Waals surface area contributed by atoms with Gasteiger partial charge in [0.05, 0.1) is 0 Å². The van der Waals surface area contributed by atoms with E-state index in [2.05, 4.69) is 0 Å². The Hall–Kier alpha value is -2.82.